The summed E-state index contributed by atoms with van der Waals surface area (Å²) >= 11 is 0. The Morgan fingerprint density at radius 3 is 2.62 bits per heavy atom. The first-order valence-corrected chi connectivity index (χ1v) is 8.48. The van der Waals surface area contributed by atoms with Gasteiger partial charge in [-0.05, 0) is 59.6 Å². The third-order valence-electron chi connectivity index (χ3n) is 4.04. The maximum absolute atomic E-state index is 12.5. The molecule has 1 aliphatic rings. The number of amides is 2. The van der Waals surface area contributed by atoms with Crippen molar-refractivity contribution in [2.75, 3.05) is 6.54 Å². The van der Waals surface area contributed by atoms with Gasteiger partial charge in [-0.1, -0.05) is 0 Å². The van der Waals surface area contributed by atoms with Crippen LogP contribution in [0.25, 0.3) is 0 Å². The number of hydrogen-bond acceptors (Lipinski definition) is 4. The first kappa shape index (κ1) is 18.4. The molecule has 0 saturated carbocycles. The molecule has 1 fully saturated rings. The molecule has 2 heterocycles. The average molecular weight is 336 g/mol. The number of ether oxygens (including phenoxy) is 1. The Morgan fingerprint density at radius 2 is 2.08 bits per heavy atom. The number of alkyl carbamates (subject to hydrolysis) is 1. The van der Waals surface area contributed by atoms with Crippen molar-refractivity contribution in [3.8, 4) is 0 Å². The summed E-state index contributed by atoms with van der Waals surface area (Å²) in [6.07, 6.45) is 1.34. The minimum atomic E-state index is -0.506. The average Bonchev–Trinajstić information content (AvgIpc) is 2.81. The molecule has 0 aromatic carbocycles. The predicted molar refractivity (Wildman–Crippen MR) is 90.7 cm³/mol. The van der Waals surface area contributed by atoms with Gasteiger partial charge in [0.05, 0.1) is 6.42 Å². The minimum Gasteiger partial charge on any atom is -0.466 e. The fraction of sp³-hybridized carbons (Fsp3) is 0.667. The Bertz CT molecular complexity index is 588. The predicted octanol–water partition coefficient (Wildman–Crippen LogP) is 3.03. The highest BCUT2D eigenvalue weighted by Gasteiger charge is 2.30. The van der Waals surface area contributed by atoms with E-state index in [1.807, 2.05) is 51.7 Å². The molecule has 1 aromatic rings. The van der Waals surface area contributed by atoms with E-state index in [1.165, 1.54) is 0 Å². The van der Waals surface area contributed by atoms with Gasteiger partial charge in [0.1, 0.15) is 17.1 Å². The van der Waals surface area contributed by atoms with E-state index < -0.39 is 11.7 Å². The van der Waals surface area contributed by atoms with Gasteiger partial charge in [0.2, 0.25) is 5.91 Å². The van der Waals surface area contributed by atoms with Crippen molar-refractivity contribution < 1.29 is 18.7 Å². The zero-order valence-corrected chi connectivity index (χ0v) is 15.2. The Morgan fingerprint density at radius 1 is 1.38 bits per heavy atom. The van der Waals surface area contributed by atoms with Gasteiger partial charge in [-0.3, -0.25) is 4.79 Å². The van der Waals surface area contributed by atoms with E-state index >= 15 is 0 Å². The third kappa shape index (κ3) is 5.28. The highest BCUT2D eigenvalue weighted by atomic mass is 16.6. The van der Waals surface area contributed by atoms with Crippen LogP contribution in [0, 0.1) is 6.92 Å². The zero-order valence-electron chi connectivity index (χ0n) is 15.2. The van der Waals surface area contributed by atoms with Gasteiger partial charge in [-0.2, -0.15) is 0 Å². The lowest BCUT2D eigenvalue weighted by molar-refractivity contribution is -0.134. The molecule has 6 nitrogen and oxygen atoms in total. The summed E-state index contributed by atoms with van der Waals surface area (Å²) in [5.41, 5.74) is -0.506. The fourth-order valence-corrected chi connectivity index (χ4v) is 2.98. The molecule has 24 heavy (non-hydrogen) atoms. The smallest absolute Gasteiger partial charge is 0.407 e. The van der Waals surface area contributed by atoms with Crippen LogP contribution in [0.5, 0.6) is 0 Å². The van der Waals surface area contributed by atoms with Crippen molar-refractivity contribution in [2.45, 2.75) is 71.6 Å². The first-order chi connectivity index (χ1) is 11.1. The van der Waals surface area contributed by atoms with Gasteiger partial charge >= 0.3 is 6.09 Å². The number of piperidine rings is 1. The van der Waals surface area contributed by atoms with Gasteiger partial charge in [-0.15, -0.1) is 0 Å². The van der Waals surface area contributed by atoms with Gasteiger partial charge < -0.3 is 19.4 Å². The van der Waals surface area contributed by atoms with E-state index in [9.17, 15) is 9.59 Å². The van der Waals surface area contributed by atoms with E-state index in [0.29, 0.717) is 12.3 Å². The van der Waals surface area contributed by atoms with Crippen LogP contribution in [-0.4, -0.2) is 41.1 Å². The number of likely N-dealkylation sites (tertiary alicyclic amines) is 1. The molecule has 1 aliphatic heterocycles. The van der Waals surface area contributed by atoms with Crippen LogP contribution in [0.4, 0.5) is 4.79 Å². The summed E-state index contributed by atoms with van der Waals surface area (Å²) in [6, 6.07) is 3.81. The number of furan rings is 1. The highest BCUT2D eigenvalue weighted by Crippen LogP contribution is 2.20. The van der Waals surface area contributed by atoms with Crippen molar-refractivity contribution in [3.05, 3.63) is 23.7 Å². The molecule has 1 saturated heterocycles. The molecule has 2 atom stereocenters. The van der Waals surface area contributed by atoms with Gasteiger partial charge in [-0.25, -0.2) is 4.79 Å². The molecule has 0 spiro atoms. The van der Waals surface area contributed by atoms with E-state index in [4.69, 9.17) is 9.15 Å². The van der Waals surface area contributed by atoms with Crippen molar-refractivity contribution in [1.82, 2.24) is 10.2 Å². The molecule has 1 N–H and O–H groups in total. The summed E-state index contributed by atoms with van der Waals surface area (Å²) in [5.74, 6) is 1.57. The van der Waals surface area contributed by atoms with Crippen LogP contribution in [0.1, 0.15) is 52.1 Å². The second-order valence-electron chi connectivity index (χ2n) is 7.49. The van der Waals surface area contributed by atoms with Gasteiger partial charge in [0.15, 0.2) is 0 Å². The maximum atomic E-state index is 12.5. The number of carbonyl (C=O) groups is 2. The Labute approximate surface area is 143 Å². The minimum absolute atomic E-state index is 0.0322. The Hall–Kier alpha value is -1.98. The molecular formula is C18H28N2O4. The summed E-state index contributed by atoms with van der Waals surface area (Å²) in [4.78, 5) is 26.2. The molecule has 2 unspecified atom stereocenters. The molecule has 2 amide bonds. The van der Waals surface area contributed by atoms with E-state index in [2.05, 4.69) is 5.32 Å². The zero-order chi connectivity index (χ0) is 17.9. The fourth-order valence-electron chi connectivity index (χ4n) is 2.98. The van der Waals surface area contributed by atoms with E-state index in [1.54, 1.807) is 0 Å². The van der Waals surface area contributed by atoms with Crippen LogP contribution in [0.2, 0.25) is 0 Å². The lowest BCUT2D eigenvalue weighted by Crippen LogP contribution is -2.51. The molecule has 0 bridgehead atoms. The Kier molecular flexibility index (Phi) is 5.57. The SMILES string of the molecule is Cc1ccc(CC(=O)N2CCC(NC(=O)OC(C)(C)C)CC2C)o1. The van der Waals surface area contributed by atoms with E-state index in [0.717, 1.165) is 18.6 Å². The summed E-state index contributed by atoms with van der Waals surface area (Å²) < 4.78 is 10.8. The van der Waals surface area contributed by atoms with Crippen LogP contribution < -0.4 is 5.32 Å². The quantitative estimate of drug-likeness (QED) is 0.921. The number of rotatable bonds is 3. The van der Waals surface area contributed by atoms with Gasteiger partial charge in [0.25, 0.3) is 0 Å². The number of carbonyl (C=O) groups excluding carboxylic acids is 2. The number of hydrogen-bond donors (Lipinski definition) is 1. The monoisotopic (exact) mass is 336 g/mol. The van der Waals surface area contributed by atoms with Crippen LogP contribution in [-0.2, 0) is 16.0 Å². The molecule has 134 valence electrons. The first-order valence-electron chi connectivity index (χ1n) is 8.48. The lowest BCUT2D eigenvalue weighted by atomic mass is 9.98. The number of nitrogens with zero attached hydrogens (tertiary/aromatic N) is 1. The van der Waals surface area contributed by atoms with E-state index in [-0.39, 0.29) is 24.4 Å². The lowest BCUT2D eigenvalue weighted by Gasteiger charge is -2.38. The van der Waals surface area contributed by atoms with Crippen molar-refractivity contribution in [3.63, 3.8) is 0 Å². The summed E-state index contributed by atoms with van der Waals surface area (Å²) in [7, 11) is 0. The molecule has 6 heteroatoms. The van der Waals surface area contributed by atoms with Gasteiger partial charge in [0, 0.05) is 18.6 Å². The second kappa shape index (κ2) is 7.28. The largest absolute Gasteiger partial charge is 0.466 e. The molecule has 1 aromatic heterocycles. The van der Waals surface area contributed by atoms with Crippen molar-refractivity contribution in [2.24, 2.45) is 0 Å². The maximum Gasteiger partial charge on any atom is 0.407 e. The molecule has 2 rings (SSSR count). The summed E-state index contributed by atoms with van der Waals surface area (Å²) in [6.45, 7) is 10.0. The van der Waals surface area contributed by atoms with Crippen molar-refractivity contribution >= 4 is 12.0 Å². The number of nitrogens with one attached hydrogen (secondary N) is 1. The van der Waals surface area contributed by atoms with Crippen LogP contribution in [0.15, 0.2) is 16.5 Å². The highest BCUT2D eigenvalue weighted by molar-refractivity contribution is 5.78. The van der Waals surface area contributed by atoms with Crippen LogP contribution in [0.3, 0.4) is 0 Å². The molecular weight excluding hydrogens is 308 g/mol. The van der Waals surface area contributed by atoms with Crippen LogP contribution >= 0.6 is 0 Å². The second-order valence-corrected chi connectivity index (χ2v) is 7.49. The molecule has 0 aliphatic carbocycles. The van der Waals surface area contributed by atoms with Crippen molar-refractivity contribution in [1.29, 1.82) is 0 Å². The normalized spacial score (nSPS) is 21.5. The topological polar surface area (TPSA) is 71.8 Å². The standard InChI is InChI=1S/C18H28N2O4/c1-12-10-14(19-17(22)24-18(3,4)5)8-9-20(12)16(21)11-15-7-6-13(2)23-15/h6-7,12,14H,8-11H2,1-5H3,(H,19,22). The third-order valence-corrected chi connectivity index (χ3v) is 4.04. The summed E-state index contributed by atoms with van der Waals surface area (Å²) in [5, 5.41) is 2.90. The number of aryl methyl sites for hydroxylation is 1. The molecule has 0 radical (unpaired) electrons. The Balaban J connectivity index is 1.84.